The van der Waals surface area contributed by atoms with Crippen molar-refractivity contribution in [2.75, 3.05) is 11.9 Å². The van der Waals surface area contributed by atoms with Crippen molar-refractivity contribution in [3.8, 4) is 0 Å². The third-order valence-electron chi connectivity index (χ3n) is 3.45. The molecule has 0 saturated heterocycles. The molecule has 0 fully saturated rings. The Hall–Kier alpha value is -2.40. The molecule has 0 aliphatic rings. The van der Waals surface area contributed by atoms with Gasteiger partial charge in [0.05, 0.1) is 6.54 Å². The molecule has 5 nitrogen and oxygen atoms in total. The number of carboxylic acid groups (broad SMARTS) is 1. The van der Waals surface area contributed by atoms with Gasteiger partial charge < -0.3 is 10.4 Å². The number of rotatable bonds is 7. The highest BCUT2D eigenvalue weighted by molar-refractivity contribution is 6.02. The number of hydrogen-bond donors (Lipinski definition) is 3. The van der Waals surface area contributed by atoms with Gasteiger partial charge in [-0.05, 0) is 17.9 Å². The summed E-state index contributed by atoms with van der Waals surface area (Å²) in [7, 11) is 0. The number of carbonyl (C=O) groups excluding carboxylic acids is 1. The van der Waals surface area contributed by atoms with Gasteiger partial charge in [-0.1, -0.05) is 49.7 Å². The molecule has 1 amide bonds. The Morgan fingerprint density at radius 3 is 2.59 bits per heavy atom. The van der Waals surface area contributed by atoms with Crippen molar-refractivity contribution < 1.29 is 14.7 Å². The number of carboxylic acids is 1. The lowest BCUT2D eigenvalue weighted by molar-refractivity contribution is -0.139. The molecular formula is C17H20N2O3. The zero-order valence-electron chi connectivity index (χ0n) is 12.5. The first-order chi connectivity index (χ1) is 10.6. The van der Waals surface area contributed by atoms with Gasteiger partial charge in [0.15, 0.2) is 0 Å². The summed E-state index contributed by atoms with van der Waals surface area (Å²) in [6, 6.07) is 12.8. The average molecular weight is 300 g/mol. The summed E-state index contributed by atoms with van der Waals surface area (Å²) in [5.74, 6) is -1.18. The van der Waals surface area contributed by atoms with Crippen molar-refractivity contribution in [3.63, 3.8) is 0 Å². The maximum atomic E-state index is 12.0. The second-order valence-electron chi connectivity index (χ2n) is 5.14. The standard InChI is InChI=1S/C17H20N2O3/c1-2-6-15(17(21)22)18-11-16(20)19-14-10-5-8-12-7-3-4-9-13(12)14/h3-5,7-10,15,18H,2,6,11H2,1H3,(H,19,20)(H,21,22). The van der Waals surface area contributed by atoms with Gasteiger partial charge in [0.2, 0.25) is 5.91 Å². The number of aliphatic carboxylic acids is 1. The largest absolute Gasteiger partial charge is 0.480 e. The van der Waals surface area contributed by atoms with Crippen LogP contribution in [0.4, 0.5) is 5.69 Å². The van der Waals surface area contributed by atoms with E-state index >= 15 is 0 Å². The fraction of sp³-hybridized carbons (Fsp3) is 0.294. The maximum Gasteiger partial charge on any atom is 0.320 e. The van der Waals surface area contributed by atoms with Gasteiger partial charge in [-0.3, -0.25) is 14.9 Å². The van der Waals surface area contributed by atoms with Crippen molar-refractivity contribution in [2.45, 2.75) is 25.8 Å². The summed E-state index contributed by atoms with van der Waals surface area (Å²) in [6.45, 7) is 1.88. The zero-order valence-corrected chi connectivity index (χ0v) is 12.5. The van der Waals surface area contributed by atoms with Crippen LogP contribution in [0.25, 0.3) is 10.8 Å². The van der Waals surface area contributed by atoms with Gasteiger partial charge in [-0.25, -0.2) is 0 Å². The fourth-order valence-electron chi connectivity index (χ4n) is 2.35. The highest BCUT2D eigenvalue weighted by atomic mass is 16.4. The second kappa shape index (κ2) is 7.56. The number of carbonyl (C=O) groups is 2. The van der Waals surface area contributed by atoms with Crippen LogP contribution < -0.4 is 10.6 Å². The van der Waals surface area contributed by atoms with Crippen LogP contribution in [0.2, 0.25) is 0 Å². The number of hydrogen-bond acceptors (Lipinski definition) is 3. The number of fused-ring (bicyclic) bond motifs is 1. The Morgan fingerprint density at radius 2 is 1.86 bits per heavy atom. The quantitative estimate of drug-likeness (QED) is 0.734. The molecule has 0 heterocycles. The van der Waals surface area contributed by atoms with E-state index in [1.807, 2.05) is 49.4 Å². The Bertz CT molecular complexity index is 665. The Kier molecular flexibility index (Phi) is 5.49. The number of amides is 1. The normalized spacial score (nSPS) is 12.0. The molecule has 3 N–H and O–H groups in total. The molecule has 0 aromatic heterocycles. The minimum Gasteiger partial charge on any atom is -0.480 e. The molecule has 0 aliphatic heterocycles. The van der Waals surface area contributed by atoms with E-state index in [1.54, 1.807) is 0 Å². The van der Waals surface area contributed by atoms with Crippen LogP contribution in [0, 0.1) is 0 Å². The van der Waals surface area contributed by atoms with Gasteiger partial charge in [-0.15, -0.1) is 0 Å². The minimum atomic E-state index is -0.931. The van der Waals surface area contributed by atoms with Crippen LogP contribution in [0.15, 0.2) is 42.5 Å². The first-order valence-electron chi connectivity index (χ1n) is 7.35. The SMILES string of the molecule is CCCC(NCC(=O)Nc1cccc2ccccc12)C(=O)O. The summed E-state index contributed by atoms with van der Waals surface area (Å²) in [5.41, 5.74) is 0.729. The number of nitrogens with one attached hydrogen (secondary N) is 2. The van der Waals surface area contributed by atoms with Gasteiger partial charge >= 0.3 is 5.97 Å². The molecule has 2 aromatic carbocycles. The highest BCUT2D eigenvalue weighted by Gasteiger charge is 2.16. The molecule has 22 heavy (non-hydrogen) atoms. The summed E-state index contributed by atoms with van der Waals surface area (Å²) < 4.78 is 0. The summed E-state index contributed by atoms with van der Waals surface area (Å²) in [5, 5.41) is 16.7. The van der Waals surface area contributed by atoms with Crippen LogP contribution in [-0.4, -0.2) is 29.6 Å². The first kappa shape index (κ1) is 16.0. The molecule has 0 bridgehead atoms. The van der Waals surface area contributed by atoms with E-state index < -0.39 is 12.0 Å². The molecule has 0 spiro atoms. The van der Waals surface area contributed by atoms with Crippen molar-refractivity contribution in [1.82, 2.24) is 5.32 Å². The van der Waals surface area contributed by atoms with Crippen LogP contribution >= 0.6 is 0 Å². The zero-order chi connectivity index (χ0) is 15.9. The maximum absolute atomic E-state index is 12.0. The minimum absolute atomic E-state index is 0.0276. The highest BCUT2D eigenvalue weighted by Crippen LogP contribution is 2.22. The molecular weight excluding hydrogens is 280 g/mol. The van der Waals surface area contributed by atoms with Gasteiger partial charge in [0.25, 0.3) is 0 Å². The van der Waals surface area contributed by atoms with Crippen molar-refractivity contribution in [2.24, 2.45) is 0 Å². The second-order valence-corrected chi connectivity index (χ2v) is 5.14. The third kappa shape index (κ3) is 4.05. The van der Waals surface area contributed by atoms with E-state index in [2.05, 4.69) is 10.6 Å². The molecule has 1 atom stereocenters. The van der Waals surface area contributed by atoms with Gasteiger partial charge in [0, 0.05) is 11.1 Å². The van der Waals surface area contributed by atoms with E-state index in [-0.39, 0.29) is 12.5 Å². The van der Waals surface area contributed by atoms with Gasteiger partial charge in [-0.2, -0.15) is 0 Å². The van der Waals surface area contributed by atoms with Crippen molar-refractivity contribution >= 4 is 28.3 Å². The van der Waals surface area contributed by atoms with E-state index in [0.717, 1.165) is 22.9 Å². The Balaban J connectivity index is 2.00. The van der Waals surface area contributed by atoms with E-state index in [9.17, 15) is 9.59 Å². The van der Waals surface area contributed by atoms with Gasteiger partial charge in [0.1, 0.15) is 6.04 Å². The van der Waals surface area contributed by atoms with Crippen molar-refractivity contribution in [1.29, 1.82) is 0 Å². The number of anilines is 1. The monoisotopic (exact) mass is 300 g/mol. The smallest absolute Gasteiger partial charge is 0.320 e. The first-order valence-corrected chi connectivity index (χ1v) is 7.35. The third-order valence-corrected chi connectivity index (χ3v) is 3.45. The molecule has 2 rings (SSSR count). The lowest BCUT2D eigenvalue weighted by atomic mass is 10.1. The van der Waals surface area contributed by atoms with Crippen LogP contribution in [0.3, 0.4) is 0 Å². The van der Waals surface area contributed by atoms with E-state index in [1.165, 1.54) is 0 Å². The lowest BCUT2D eigenvalue weighted by Crippen LogP contribution is -2.41. The summed E-state index contributed by atoms with van der Waals surface area (Å²) in [6.07, 6.45) is 1.24. The Labute approximate surface area is 129 Å². The molecule has 2 aromatic rings. The lowest BCUT2D eigenvalue weighted by Gasteiger charge is -2.14. The molecule has 5 heteroatoms. The summed E-state index contributed by atoms with van der Waals surface area (Å²) >= 11 is 0. The Morgan fingerprint density at radius 1 is 1.14 bits per heavy atom. The van der Waals surface area contributed by atoms with Crippen LogP contribution in [0.1, 0.15) is 19.8 Å². The molecule has 0 radical (unpaired) electrons. The van der Waals surface area contributed by atoms with Crippen LogP contribution in [0.5, 0.6) is 0 Å². The molecule has 0 saturated carbocycles. The molecule has 116 valence electrons. The van der Waals surface area contributed by atoms with Crippen LogP contribution in [-0.2, 0) is 9.59 Å². The van der Waals surface area contributed by atoms with E-state index in [0.29, 0.717) is 6.42 Å². The molecule has 1 unspecified atom stereocenters. The predicted molar refractivity (Wildman–Crippen MR) is 86.9 cm³/mol. The predicted octanol–water partition coefficient (Wildman–Crippen LogP) is 2.62. The number of benzene rings is 2. The molecule has 0 aliphatic carbocycles. The fourth-order valence-corrected chi connectivity index (χ4v) is 2.35. The summed E-state index contributed by atoms with van der Waals surface area (Å²) in [4.78, 5) is 23.1. The topological polar surface area (TPSA) is 78.4 Å². The average Bonchev–Trinajstić information content (AvgIpc) is 2.51. The van der Waals surface area contributed by atoms with E-state index in [4.69, 9.17) is 5.11 Å². The van der Waals surface area contributed by atoms with Crippen molar-refractivity contribution in [3.05, 3.63) is 42.5 Å².